The fraction of sp³-hybridized carbons (Fsp3) is 0.238. The molecule has 0 saturated carbocycles. The summed E-state index contributed by atoms with van der Waals surface area (Å²) < 4.78 is 80.1. The van der Waals surface area contributed by atoms with Crippen LogP contribution in [0.15, 0.2) is 121 Å². The highest BCUT2D eigenvalue weighted by Crippen LogP contribution is 2.37. The van der Waals surface area contributed by atoms with E-state index in [0.717, 1.165) is 70.5 Å². The lowest BCUT2D eigenvalue weighted by Crippen LogP contribution is -2.35. The molecule has 0 fully saturated rings. The Morgan fingerprint density at radius 1 is 0.531 bits per heavy atom. The van der Waals surface area contributed by atoms with Crippen molar-refractivity contribution in [2.24, 2.45) is 5.73 Å². The van der Waals surface area contributed by atoms with Crippen LogP contribution in [0.3, 0.4) is 0 Å². The van der Waals surface area contributed by atoms with E-state index in [-0.39, 0.29) is 5.92 Å². The van der Waals surface area contributed by atoms with Crippen LogP contribution in [0.5, 0.6) is 0 Å². The van der Waals surface area contributed by atoms with Gasteiger partial charge in [0.05, 0.1) is 11.1 Å². The fourth-order valence-electron chi connectivity index (χ4n) is 6.79. The lowest BCUT2D eigenvalue weighted by Gasteiger charge is -2.30. The molecule has 6 aromatic carbocycles. The van der Waals surface area contributed by atoms with Gasteiger partial charge in [-0.05, 0) is 111 Å². The predicted molar refractivity (Wildman–Crippen MR) is 186 cm³/mol. The standard InChI is InChI=1S/C42H37F6N/c1-3-40(49,4-2)39-8-6-5-7-38(39)29-12-9-27(10-13-29)21-35(32-15-16-34-26-37(42(46,47)48)20-18-31(34)24-32)23-28-11-14-33-25-36(41(43,44)45)19-17-30(33)22-28/h5-20,22,24-26,35H,3-4,21,23,49H2,1-2H3. The number of hydrogen-bond acceptors (Lipinski definition) is 1. The van der Waals surface area contributed by atoms with Crippen LogP contribution in [0.25, 0.3) is 32.7 Å². The summed E-state index contributed by atoms with van der Waals surface area (Å²) in [5, 5.41) is 2.42. The Bertz CT molecular complexity index is 2090. The summed E-state index contributed by atoms with van der Waals surface area (Å²) in [4.78, 5) is 0. The van der Waals surface area contributed by atoms with Gasteiger partial charge < -0.3 is 5.73 Å². The Balaban J connectivity index is 1.35. The molecule has 1 nitrogen and oxygen atoms in total. The second kappa shape index (κ2) is 13.4. The largest absolute Gasteiger partial charge is 0.416 e. The Kier molecular flexibility index (Phi) is 9.34. The normalized spacial score (nSPS) is 13.2. The van der Waals surface area contributed by atoms with E-state index in [1.54, 1.807) is 12.1 Å². The van der Waals surface area contributed by atoms with Crippen molar-refractivity contribution in [2.75, 3.05) is 0 Å². The van der Waals surface area contributed by atoms with E-state index in [4.69, 9.17) is 5.73 Å². The SMILES string of the molecule is CCC(N)(CC)c1ccccc1-c1ccc(CC(Cc2ccc3cc(C(F)(F)F)ccc3c2)c2ccc3cc(C(F)(F)F)ccc3c2)cc1. The van der Waals surface area contributed by atoms with Gasteiger partial charge in [-0.1, -0.05) is 111 Å². The maximum absolute atomic E-state index is 13.4. The molecule has 0 radical (unpaired) electrons. The van der Waals surface area contributed by atoms with Gasteiger partial charge in [0, 0.05) is 5.54 Å². The van der Waals surface area contributed by atoms with Gasteiger partial charge in [0.1, 0.15) is 0 Å². The molecule has 0 aliphatic rings. The van der Waals surface area contributed by atoms with Crippen molar-refractivity contribution in [3.05, 3.63) is 155 Å². The smallest absolute Gasteiger partial charge is 0.321 e. The molecule has 0 spiro atoms. The Morgan fingerprint density at radius 3 is 1.61 bits per heavy atom. The van der Waals surface area contributed by atoms with Crippen molar-refractivity contribution in [1.29, 1.82) is 0 Å². The van der Waals surface area contributed by atoms with Crippen molar-refractivity contribution in [1.82, 2.24) is 0 Å². The van der Waals surface area contributed by atoms with Crippen molar-refractivity contribution >= 4 is 21.5 Å². The van der Waals surface area contributed by atoms with Gasteiger partial charge in [-0.2, -0.15) is 26.3 Å². The van der Waals surface area contributed by atoms with Crippen LogP contribution in [0.1, 0.15) is 66.0 Å². The molecule has 0 amide bonds. The highest BCUT2D eigenvalue weighted by Gasteiger charge is 2.31. The van der Waals surface area contributed by atoms with Crippen LogP contribution < -0.4 is 5.73 Å². The minimum absolute atomic E-state index is 0.0615. The molecule has 7 heteroatoms. The first kappa shape index (κ1) is 34.3. The molecular weight excluding hydrogens is 632 g/mol. The number of rotatable bonds is 9. The first-order valence-electron chi connectivity index (χ1n) is 16.5. The van der Waals surface area contributed by atoms with Crippen LogP contribution in [0.2, 0.25) is 0 Å². The van der Waals surface area contributed by atoms with E-state index in [2.05, 4.69) is 50.2 Å². The van der Waals surface area contributed by atoms with Crippen molar-refractivity contribution in [3.63, 3.8) is 0 Å². The average molecular weight is 670 g/mol. The number of alkyl halides is 6. The third-order valence-corrected chi connectivity index (χ3v) is 9.85. The molecule has 1 unspecified atom stereocenters. The molecule has 252 valence electrons. The van der Waals surface area contributed by atoms with Gasteiger partial charge in [0.25, 0.3) is 0 Å². The third kappa shape index (κ3) is 7.37. The quantitative estimate of drug-likeness (QED) is 0.152. The first-order chi connectivity index (χ1) is 23.3. The van der Waals surface area contributed by atoms with Gasteiger partial charge in [0.2, 0.25) is 0 Å². The lowest BCUT2D eigenvalue weighted by molar-refractivity contribution is -0.138. The number of nitrogens with two attached hydrogens (primary N) is 1. The number of halogens is 6. The van der Waals surface area contributed by atoms with Crippen molar-refractivity contribution in [2.45, 2.75) is 63.3 Å². The van der Waals surface area contributed by atoms with E-state index >= 15 is 0 Å². The second-order valence-corrected chi connectivity index (χ2v) is 12.9. The molecule has 0 heterocycles. The van der Waals surface area contributed by atoms with Gasteiger partial charge >= 0.3 is 12.4 Å². The van der Waals surface area contributed by atoms with Gasteiger partial charge in [0.15, 0.2) is 0 Å². The lowest BCUT2D eigenvalue weighted by atomic mass is 9.81. The molecule has 0 saturated heterocycles. The average Bonchev–Trinajstić information content (AvgIpc) is 3.10. The summed E-state index contributed by atoms with van der Waals surface area (Å²) in [6, 6.07) is 35.2. The van der Waals surface area contributed by atoms with Crippen LogP contribution in [0.4, 0.5) is 26.3 Å². The van der Waals surface area contributed by atoms with Crippen molar-refractivity contribution in [3.8, 4) is 11.1 Å². The molecule has 2 N–H and O–H groups in total. The highest BCUT2D eigenvalue weighted by atomic mass is 19.4. The maximum atomic E-state index is 13.4. The van der Waals surface area contributed by atoms with E-state index in [1.807, 2.05) is 36.4 Å². The zero-order valence-corrected chi connectivity index (χ0v) is 27.3. The summed E-state index contributed by atoms with van der Waals surface area (Å²) in [6.45, 7) is 4.20. The zero-order chi connectivity index (χ0) is 35.0. The van der Waals surface area contributed by atoms with E-state index in [1.165, 1.54) is 12.1 Å². The molecule has 0 aromatic heterocycles. The van der Waals surface area contributed by atoms with E-state index < -0.39 is 29.0 Å². The Morgan fingerprint density at radius 2 is 1.02 bits per heavy atom. The molecule has 49 heavy (non-hydrogen) atoms. The van der Waals surface area contributed by atoms with Gasteiger partial charge in [-0.3, -0.25) is 0 Å². The zero-order valence-electron chi connectivity index (χ0n) is 27.3. The molecule has 6 aromatic rings. The molecular formula is C42H37F6N. The summed E-state index contributed by atoms with van der Waals surface area (Å²) >= 11 is 0. The summed E-state index contributed by atoms with van der Waals surface area (Å²) in [7, 11) is 0. The third-order valence-electron chi connectivity index (χ3n) is 9.85. The topological polar surface area (TPSA) is 26.0 Å². The number of hydrogen-bond donors (Lipinski definition) is 1. The highest BCUT2D eigenvalue weighted by molar-refractivity contribution is 5.85. The summed E-state index contributed by atoms with van der Waals surface area (Å²) in [5.74, 6) is -0.0615. The van der Waals surface area contributed by atoms with Crippen LogP contribution in [-0.4, -0.2) is 0 Å². The van der Waals surface area contributed by atoms with Crippen molar-refractivity contribution < 1.29 is 26.3 Å². The maximum Gasteiger partial charge on any atom is 0.416 e. The predicted octanol–water partition coefficient (Wildman–Crippen LogP) is 12.2. The molecule has 0 aliphatic heterocycles. The Hall–Kier alpha value is -4.62. The van der Waals surface area contributed by atoms with E-state index in [0.29, 0.717) is 34.4 Å². The molecule has 0 aliphatic carbocycles. The van der Waals surface area contributed by atoms with Crippen LogP contribution in [-0.2, 0) is 30.7 Å². The number of benzene rings is 6. The molecule has 1 atom stereocenters. The van der Waals surface area contributed by atoms with Gasteiger partial charge in [-0.25, -0.2) is 0 Å². The summed E-state index contributed by atoms with van der Waals surface area (Å²) in [5.41, 5.74) is 11.2. The van der Waals surface area contributed by atoms with Crippen LogP contribution >= 0.6 is 0 Å². The minimum atomic E-state index is -4.43. The summed E-state index contributed by atoms with van der Waals surface area (Å²) in [6.07, 6.45) is -6.02. The Labute approximate surface area is 282 Å². The molecule has 0 bridgehead atoms. The van der Waals surface area contributed by atoms with Gasteiger partial charge in [-0.15, -0.1) is 0 Å². The fourth-order valence-corrected chi connectivity index (χ4v) is 6.79. The second-order valence-electron chi connectivity index (χ2n) is 12.9. The van der Waals surface area contributed by atoms with E-state index in [9.17, 15) is 26.3 Å². The van der Waals surface area contributed by atoms with Crippen LogP contribution in [0, 0.1) is 0 Å². The number of fused-ring (bicyclic) bond motifs is 2. The molecule has 6 rings (SSSR count). The minimum Gasteiger partial charge on any atom is -0.321 e. The first-order valence-corrected chi connectivity index (χ1v) is 16.5. The monoisotopic (exact) mass is 669 g/mol.